The third-order valence-electron chi connectivity index (χ3n) is 1.25. The molecule has 0 bridgehead atoms. The highest BCUT2D eigenvalue weighted by molar-refractivity contribution is 7.85. The summed E-state index contributed by atoms with van der Waals surface area (Å²) >= 11 is 0. The Bertz CT molecular complexity index is 254. The Balaban J connectivity index is 3.53. The van der Waals surface area contributed by atoms with E-state index in [1.807, 2.05) is 0 Å². The summed E-state index contributed by atoms with van der Waals surface area (Å²) in [5, 5.41) is 0. The van der Waals surface area contributed by atoms with Crippen LogP contribution in [0.5, 0.6) is 0 Å². The van der Waals surface area contributed by atoms with Gasteiger partial charge >= 0.3 is 5.97 Å². The molecule has 0 spiro atoms. The molecule has 0 aliphatic rings. The van der Waals surface area contributed by atoms with E-state index in [1.54, 1.807) is 13.8 Å². The molecule has 0 saturated heterocycles. The fourth-order valence-electron chi connectivity index (χ4n) is 0.575. The second-order valence-electron chi connectivity index (χ2n) is 2.94. The summed E-state index contributed by atoms with van der Waals surface area (Å²) in [7, 11) is -4.18. The Labute approximate surface area is 77.8 Å². The van der Waals surface area contributed by atoms with Crippen LogP contribution in [0.2, 0.25) is 0 Å². The molecule has 0 aromatic heterocycles. The second-order valence-corrected chi connectivity index (χ2v) is 4.46. The maximum atomic E-state index is 10.8. The Morgan fingerprint density at radius 2 is 2.00 bits per heavy atom. The molecule has 0 aromatic carbocycles. The summed E-state index contributed by atoms with van der Waals surface area (Å²) in [6, 6.07) is 0. The van der Waals surface area contributed by atoms with Crippen LogP contribution in [0, 0.1) is 5.92 Å². The van der Waals surface area contributed by atoms with Crippen LogP contribution in [-0.4, -0.2) is 31.3 Å². The van der Waals surface area contributed by atoms with Crippen molar-refractivity contribution in [2.24, 2.45) is 5.92 Å². The quantitative estimate of drug-likeness (QED) is 0.365. The molecule has 0 saturated carbocycles. The molecule has 0 unspecified atom stereocenters. The van der Waals surface area contributed by atoms with Crippen molar-refractivity contribution in [1.29, 1.82) is 0 Å². The zero-order valence-corrected chi connectivity index (χ0v) is 8.46. The van der Waals surface area contributed by atoms with Gasteiger partial charge in [0, 0.05) is 5.75 Å². The minimum absolute atomic E-state index is 0.0154. The largest absolute Gasteiger partial charge is 0.748 e. The monoisotopic (exact) mass is 209 g/mol. The summed E-state index contributed by atoms with van der Waals surface area (Å²) in [4.78, 5) is 10.8. The number of rotatable bonds is 5. The minimum atomic E-state index is -4.18. The van der Waals surface area contributed by atoms with Crippen LogP contribution < -0.4 is 0 Å². The smallest absolute Gasteiger partial charge is 0.308 e. The zero-order valence-electron chi connectivity index (χ0n) is 7.65. The Kier molecular flexibility index (Phi) is 4.94. The molecule has 78 valence electrons. The molecule has 13 heavy (non-hydrogen) atoms. The maximum Gasteiger partial charge on any atom is 0.308 e. The van der Waals surface area contributed by atoms with Crippen LogP contribution in [0.3, 0.4) is 0 Å². The van der Waals surface area contributed by atoms with Crippen LogP contribution in [0.15, 0.2) is 0 Å². The van der Waals surface area contributed by atoms with E-state index in [-0.39, 0.29) is 24.9 Å². The van der Waals surface area contributed by atoms with Gasteiger partial charge < -0.3 is 9.29 Å². The molecule has 0 heterocycles. The van der Waals surface area contributed by atoms with Gasteiger partial charge in [0.15, 0.2) is 0 Å². The van der Waals surface area contributed by atoms with E-state index >= 15 is 0 Å². The van der Waals surface area contributed by atoms with Gasteiger partial charge in [-0.1, -0.05) is 13.8 Å². The highest BCUT2D eigenvalue weighted by atomic mass is 32.2. The summed E-state index contributed by atoms with van der Waals surface area (Å²) in [5.41, 5.74) is 0. The lowest BCUT2D eigenvalue weighted by atomic mass is 10.2. The van der Waals surface area contributed by atoms with E-state index in [9.17, 15) is 17.8 Å². The van der Waals surface area contributed by atoms with E-state index in [0.29, 0.717) is 0 Å². The Hall–Kier alpha value is -0.620. The summed E-state index contributed by atoms with van der Waals surface area (Å²) < 4.78 is 35.0. The second kappa shape index (κ2) is 5.18. The van der Waals surface area contributed by atoms with Crippen molar-refractivity contribution < 1.29 is 22.5 Å². The first-order chi connectivity index (χ1) is 5.83. The first-order valence-corrected chi connectivity index (χ1v) is 5.51. The summed E-state index contributed by atoms with van der Waals surface area (Å²) in [5.74, 6) is -1.11. The lowest BCUT2D eigenvalue weighted by Gasteiger charge is -2.08. The molecule has 0 atom stereocenters. The topological polar surface area (TPSA) is 83.5 Å². The van der Waals surface area contributed by atoms with Gasteiger partial charge in [-0.2, -0.15) is 0 Å². The van der Waals surface area contributed by atoms with Crippen LogP contribution in [0.1, 0.15) is 20.3 Å². The molecule has 0 rings (SSSR count). The van der Waals surface area contributed by atoms with Gasteiger partial charge in [0.05, 0.1) is 22.6 Å². The van der Waals surface area contributed by atoms with Gasteiger partial charge in [0.25, 0.3) is 0 Å². The van der Waals surface area contributed by atoms with Crippen molar-refractivity contribution in [3.63, 3.8) is 0 Å². The van der Waals surface area contributed by atoms with Crippen molar-refractivity contribution in [3.8, 4) is 0 Å². The van der Waals surface area contributed by atoms with Crippen molar-refractivity contribution >= 4 is 16.1 Å². The van der Waals surface area contributed by atoms with Gasteiger partial charge in [-0.05, 0) is 6.42 Å². The van der Waals surface area contributed by atoms with E-state index in [2.05, 4.69) is 4.74 Å². The molecule has 0 aliphatic carbocycles. The number of hydrogen-bond acceptors (Lipinski definition) is 5. The number of carbonyl (C=O) groups is 1. The van der Waals surface area contributed by atoms with E-state index in [0.717, 1.165) is 0 Å². The SMILES string of the molecule is CC(C)C(=O)OCCCS(=O)(=O)[O-]. The minimum Gasteiger partial charge on any atom is -0.748 e. The number of hydrogen-bond donors (Lipinski definition) is 0. The summed E-state index contributed by atoms with van der Waals surface area (Å²) in [6.07, 6.45) is 0.0598. The highest BCUT2D eigenvalue weighted by Crippen LogP contribution is 1.97. The van der Waals surface area contributed by atoms with Gasteiger partial charge in [-0.3, -0.25) is 4.79 Å². The van der Waals surface area contributed by atoms with Crippen LogP contribution in [0.25, 0.3) is 0 Å². The molecule has 0 aliphatic heterocycles. The molecule has 0 N–H and O–H groups in total. The molecule has 6 heteroatoms. The highest BCUT2D eigenvalue weighted by Gasteiger charge is 2.07. The van der Waals surface area contributed by atoms with Crippen molar-refractivity contribution in [1.82, 2.24) is 0 Å². The van der Waals surface area contributed by atoms with Crippen molar-refractivity contribution in [2.75, 3.05) is 12.4 Å². The Morgan fingerprint density at radius 1 is 1.46 bits per heavy atom. The van der Waals surface area contributed by atoms with E-state index in [1.165, 1.54) is 0 Å². The molecule has 0 amide bonds. The predicted octanol–water partition coefficient (Wildman–Crippen LogP) is 0.121. The van der Waals surface area contributed by atoms with Gasteiger partial charge in [-0.15, -0.1) is 0 Å². The van der Waals surface area contributed by atoms with Crippen LogP contribution >= 0.6 is 0 Å². The lowest BCUT2D eigenvalue weighted by Crippen LogP contribution is -2.14. The summed E-state index contributed by atoms with van der Waals surface area (Å²) in [6.45, 7) is 3.33. The fourth-order valence-corrected chi connectivity index (χ4v) is 1.05. The third kappa shape index (κ3) is 7.73. The average molecular weight is 209 g/mol. The van der Waals surface area contributed by atoms with E-state index < -0.39 is 15.9 Å². The number of ether oxygens (including phenoxy) is 1. The Morgan fingerprint density at radius 3 is 2.38 bits per heavy atom. The standard InChI is InChI=1S/C7H14O5S/c1-6(2)7(8)12-4-3-5-13(9,10)11/h6H,3-5H2,1-2H3,(H,9,10,11)/p-1. The lowest BCUT2D eigenvalue weighted by molar-refractivity contribution is -0.147. The number of esters is 1. The zero-order chi connectivity index (χ0) is 10.5. The first-order valence-electron chi connectivity index (χ1n) is 3.93. The first kappa shape index (κ1) is 12.4. The number of carbonyl (C=O) groups excluding carboxylic acids is 1. The molecule has 0 aromatic rings. The average Bonchev–Trinajstić information content (AvgIpc) is 1.95. The fraction of sp³-hybridized carbons (Fsp3) is 0.857. The third-order valence-corrected chi connectivity index (χ3v) is 2.04. The predicted molar refractivity (Wildman–Crippen MR) is 45.0 cm³/mol. The van der Waals surface area contributed by atoms with Gasteiger partial charge in [-0.25, -0.2) is 8.42 Å². The normalized spacial score (nSPS) is 11.7. The van der Waals surface area contributed by atoms with Gasteiger partial charge in [0.1, 0.15) is 0 Å². The molecule has 0 fully saturated rings. The molecule has 5 nitrogen and oxygen atoms in total. The van der Waals surface area contributed by atoms with Crippen LogP contribution in [0.4, 0.5) is 0 Å². The van der Waals surface area contributed by atoms with Crippen molar-refractivity contribution in [2.45, 2.75) is 20.3 Å². The van der Waals surface area contributed by atoms with Crippen LogP contribution in [-0.2, 0) is 19.6 Å². The molecular weight excluding hydrogens is 196 g/mol. The molecule has 0 radical (unpaired) electrons. The van der Waals surface area contributed by atoms with E-state index in [4.69, 9.17) is 0 Å². The van der Waals surface area contributed by atoms with Crippen molar-refractivity contribution in [3.05, 3.63) is 0 Å². The molecular formula is C7H13O5S-. The van der Waals surface area contributed by atoms with Gasteiger partial charge in [0.2, 0.25) is 0 Å². The maximum absolute atomic E-state index is 10.8.